The van der Waals surface area contributed by atoms with E-state index in [1.807, 2.05) is 0 Å². The first-order valence-electron chi connectivity index (χ1n) is 3.62. The zero-order chi connectivity index (χ0) is 11.8. The van der Waals surface area contributed by atoms with Crippen molar-refractivity contribution in [1.29, 1.82) is 0 Å². The van der Waals surface area contributed by atoms with Crippen molar-refractivity contribution in [2.45, 2.75) is 12.3 Å². The van der Waals surface area contributed by atoms with Gasteiger partial charge in [-0.2, -0.15) is 13.2 Å². The number of aliphatic hydroxyl groups is 1. The highest BCUT2D eigenvalue weighted by atomic mass is 79.9. The third kappa shape index (κ3) is 2.83. The van der Waals surface area contributed by atoms with Gasteiger partial charge in [0.1, 0.15) is 5.82 Å². The van der Waals surface area contributed by atoms with E-state index >= 15 is 0 Å². The summed E-state index contributed by atoms with van der Waals surface area (Å²) in [7, 11) is 0. The van der Waals surface area contributed by atoms with Crippen molar-refractivity contribution in [2.75, 3.05) is 0 Å². The van der Waals surface area contributed by atoms with Gasteiger partial charge in [0, 0.05) is 10.0 Å². The van der Waals surface area contributed by atoms with E-state index in [0.29, 0.717) is 0 Å². The molecule has 7 heteroatoms. The van der Waals surface area contributed by atoms with Crippen LogP contribution in [0.3, 0.4) is 0 Å². The molecule has 1 unspecified atom stereocenters. The minimum Gasteiger partial charge on any atom is -0.379 e. The molecule has 0 fully saturated rings. The number of alkyl halides is 3. The van der Waals surface area contributed by atoms with Gasteiger partial charge in [0.2, 0.25) is 0 Å². The molecule has 0 aliphatic rings. The van der Waals surface area contributed by atoms with Gasteiger partial charge in [0.25, 0.3) is 0 Å². The molecule has 0 spiro atoms. The highest BCUT2D eigenvalue weighted by Gasteiger charge is 2.41. The molecule has 1 aromatic rings. The number of hydrogen-bond donors (Lipinski definition) is 1. The average Bonchev–Trinajstić information content (AvgIpc) is 2.08. The van der Waals surface area contributed by atoms with E-state index in [4.69, 9.17) is 16.7 Å². The first kappa shape index (κ1) is 12.7. The maximum absolute atomic E-state index is 13.1. The molecule has 1 nitrogen and oxygen atoms in total. The normalized spacial score (nSPS) is 14.1. The van der Waals surface area contributed by atoms with Crippen molar-refractivity contribution in [3.63, 3.8) is 0 Å². The third-order valence-corrected chi connectivity index (χ3v) is 2.84. The largest absolute Gasteiger partial charge is 0.418 e. The van der Waals surface area contributed by atoms with E-state index in [2.05, 4.69) is 15.9 Å². The number of halogens is 6. The lowest BCUT2D eigenvalue weighted by Gasteiger charge is -2.16. The van der Waals surface area contributed by atoms with Crippen LogP contribution >= 0.6 is 27.5 Å². The van der Waals surface area contributed by atoms with Crippen molar-refractivity contribution in [2.24, 2.45) is 0 Å². The molecule has 0 heterocycles. The molecule has 0 bridgehead atoms. The summed E-state index contributed by atoms with van der Waals surface area (Å²) in [5.74, 6) is -1.17. The number of rotatable bonds is 1. The van der Waals surface area contributed by atoms with Gasteiger partial charge in [-0.05, 0) is 28.1 Å². The molecule has 0 aliphatic heterocycles. The smallest absolute Gasteiger partial charge is 0.379 e. The highest BCUT2D eigenvalue weighted by molar-refractivity contribution is 9.10. The molecule has 1 rings (SSSR count). The van der Waals surface area contributed by atoms with Crippen molar-refractivity contribution in [3.8, 4) is 0 Å². The Morgan fingerprint density at radius 3 is 2.33 bits per heavy atom. The second-order valence-electron chi connectivity index (χ2n) is 2.73. The van der Waals surface area contributed by atoms with Crippen molar-refractivity contribution < 1.29 is 22.7 Å². The highest BCUT2D eigenvalue weighted by Crippen LogP contribution is 2.36. The summed E-state index contributed by atoms with van der Waals surface area (Å²) in [5.41, 5.74) is -0.893. The van der Waals surface area contributed by atoms with Crippen LogP contribution in [0.15, 0.2) is 16.6 Å². The average molecular weight is 307 g/mol. The SMILES string of the molecule is OC(c1cc(Cl)c(Br)cc1F)C(F)(F)F. The Bertz CT molecular complexity index is 380. The minimum atomic E-state index is -4.92. The van der Waals surface area contributed by atoms with Crippen molar-refractivity contribution in [3.05, 3.63) is 33.0 Å². The van der Waals surface area contributed by atoms with E-state index in [1.54, 1.807) is 0 Å². The van der Waals surface area contributed by atoms with E-state index < -0.39 is 23.7 Å². The van der Waals surface area contributed by atoms with Crippen LogP contribution in [0.1, 0.15) is 11.7 Å². The van der Waals surface area contributed by atoms with E-state index in [0.717, 1.165) is 12.1 Å². The second kappa shape index (κ2) is 4.27. The summed E-state index contributed by atoms with van der Waals surface area (Å²) in [6.07, 6.45) is -7.79. The Balaban J connectivity index is 3.21. The Labute approximate surface area is 95.8 Å². The van der Waals surface area contributed by atoms with Crippen LogP contribution in [-0.2, 0) is 0 Å². The van der Waals surface area contributed by atoms with Crippen LogP contribution < -0.4 is 0 Å². The summed E-state index contributed by atoms with van der Waals surface area (Å²) in [4.78, 5) is 0. The number of hydrogen-bond acceptors (Lipinski definition) is 1. The molecule has 0 radical (unpaired) electrons. The standard InChI is InChI=1S/C8H4BrClF4O/c9-4-2-6(11)3(1-5(4)10)7(15)8(12,13)14/h1-2,7,15H. The summed E-state index contributed by atoms with van der Waals surface area (Å²) < 4.78 is 49.4. The molecule has 0 saturated heterocycles. The monoisotopic (exact) mass is 306 g/mol. The quantitative estimate of drug-likeness (QED) is 0.617. The van der Waals surface area contributed by atoms with Crippen LogP contribution in [-0.4, -0.2) is 11.3 Å². The molecule has 1 aromatic carbocycles. The van der Waals surface area contributed by atoms with Crippen molar-refractivity contribution >= 4 is 27.5 Å². The number of aliphatic hydroxyl groups excluding tert-OH is 1. The van der Waals surface area contributed by atoms with E-state index in [1.165, 1.54) is 0 Å². The number of benzene rings is 1. The molecule has 1 N–H and O–H groups in total. The van der Waals surface area contributed by atoms with Gasteiger partial charge >= 0.3 is 6.18 Å². The Kier molecular flexibility index (Phi) is 3.63. The zero-order valence-electron chi connectivity index (χ0n) is 6.95. The fourth-order valence-corrected chi connectivity index (χ4v) is 1.41. The van der Waals surface area contributed by atoms with Crippen LogP contribution in [0, 0.1) is 5.82 Å². The second-order valence-corrected chi connectivity index (χ2v) is 3.99. The first-order chi connectivity index (χ1) is 6.73. The van der Waals surface area contributed by atoms with Crippen LogP contribution in [0.2, 0.25) is 5.02 Å². The van der Waals surface area contributed by atoms with Gasteiger partial charge in [-0.1, -0.05) is 11.6 Å². The van der Waals surface area contributed by atoms with Crippen LogP contribution in [0.25, 0.3) is 0 Å². The Morgan fingerprint density at radius 2 is 1.87 bits per heavy atom. The predicted octanol–water partition coefficient (Wildman–Crippen LogP) is 3.84. The molecule has 0 saturated carbocycles. The third-order valence-electron chi connectivity index (χ3n) is 1.64. The van der Waals surface area contributed by atoms with Gasteiger partial charge in [0.05, 0.1) is 5.02 Å². The zero-order valence-corrected chi connectivity index (χ0v) is 9.29. The van der Waals surface area contributed by atoms with Crippen LogP contribution in [0.5, 0.6) is 0 Å². The molecule has 0 amide bonds. The minimum absolute atomic E-state index is 0.102. The molecule has 0 aliphatic carbocycles. The molecule has 1 atom stereocenters. The lowest BCUT2D eigenvalue weighted by Crippen LogP contribution is -2.21. The Morgan fingerprint density at radius 1 is 1.33 bits per heavy atom. The topological polar surface area (TPSA) is 20.2 Å². The molecule has 0 aromatic heterocycles. The van der Waals surface area contributed by atoms with Gasteiger partial charge in [0.15, 0.2) is 6.10 Å². The van der Waals surface area contributed by atoms with Crippen LogP contribution in [0.4, 0.5) is 17.6 Å². The summed E-state index contributed by atoms with van der Waals surface area (Å²) in [5, 5.41) is 8.71. The van der Waals surface area contributed by atoms with Gasteiger partial charge < -0.3 is 5.11 Å². The lowest BCUT2D eigenvalue weighted by atomic mass is 10.1. The first-order valence-corrected chi connectivity index (χ1v) is 4.80. The maximum Gasteiger partial charge on any atom is 0.418 e. The molecule has 84 valence electrons. The van der Waals surface area contributed by atoms with E-state index in [-0.39, 0.29) is 9.50 Å². The molecular formula is C8H4BrClF4O. The Hall–Kier alpha value is -0.330. The van der Waals surface area contributed by atoms with E-state index in [9.17, 15) is 17.6 Å². The van der Waals surface area contributed by atoms with Gasteiger partial charge in [-0.25, -0.2) is 4.39 Å². The summed E-state index contributed by atoms with van der Waals surface area (Å²) >= 11 is 8.33. The predicted molar refractivity (Wildman–Crippen MR) is 50.1 cm³/mol. The fourth-order valence-electron chi connectivity index (χ4n) is 0.924. The molecular weight excluding hydrogens is 303 g/mol. The molecule has 15 heavy (non-hydrogen) atoms. The summed E-state index contributed by atoms with van der Waals surface area (Å²) in [6, 6.07) is 1.51. The summed E-state index contributed by atoms with van der Waals surface area (Å²) in [6.45, 7) is 0. The van der Waals surface area contributed by atoms with Gasteiger partial charge in [-0.15, -0.1) is 0 Å². The maximum atomic E-state index is 13.1. The van der Waals surface area contributed by atoms with Gasteiger partial charge in [-0.3, -0.25) is 0 Å². The fraction of sp³-hybridized carbons (Fsp3) is 0.250. The lowest BCUT2D eigenvalue weighted by molar-refractivity contribution is -0.207. The van der Waals surface area contributed by atoms with Crippen molar-refractivity contribution in [1.82, 2.24) is 0 Å².